The zero-order valence-corrected chi connectivity index (χ0v) is 13.7. The molecule has 1 aromatic carbocycles. The van der Waals surface area contributed by atoms with E-state index in [9.17, 15) is 4.79 Å². The fourth-order valence-corrected chi connectivity index (χ4v) is 3.37. The standard InChI is InChI=1S/C16H21ClN2O3/c1-10-8-19(9-11(2)18-10)15(20)7-12-5-13(17)16-14(6-12)21-3-4-22-16/h5-6,10-11,18H,3-4,7-9H2,1-2H3/t10-,11-/m1/s1. The highest BCUT2D eigenvalue weighted by Crippen LogP contribution is 2.38. The lowest BCUT2D eigenvalue weighted by atomic mass is 10.1. The topological polar surface area (TPSA) is 50.8 Å². The van der Waals surface area contributed by atoms with Crippen LogP contribution in [0.4, 0.5) is 0 Å². The first-order chi connectivity index (χ1) is 10.5. The number of fused-ring (bicyclic) bond motifs is 1. The second kappa shape index (κ2) is 6.34. The Labute approximate surface area is 135 Å². The molecule has 22 heavy (non-hydrogen) atoms. The lowest BCUT2D eigenvalue weighted by Gasteiger charge is -2.36. The third kappa shape index (κ3) is 3.31. The van der Waals surface area contributed by atoms with Crippen LogP contribution in [0.1, 0.15) is 19.4 Å². The molecule has 0 aliphatic carbocycles. The number of hydrogen-bond donors (Lipinski definition) is 1. The molecule has 0 saturated carbocycles. The summed E-state index contributed by atoms with van der Waals surface area (Å²) < 4.78 is 11.1. The summed E-state index contributed by atoms with van der Waals surface area (Å²) >= 11 is 6.22. The maximum Gasteiger partial charge on any atom is 0.227 e. The number of rotatable bonds is 2. The van der Waals surface area contributed by atoms with Crippen molar-refractivity contribution in [3.63, 3.8) is 0 Å². The molecule has 0 radical (unpaired) electrons. The van der Waals surface area contributed by atoms with Crippen LogP contribution in [0.3, 0.4) is 0 Å². The molecular formula is C16H21ClN2O3. The number of piperazine rings is 1. The van der Waals surface area contributed by atoms with E-state index in [1.54, 1.807) is 6.07 Å². The van der Waals surface area contributed by atoms with E-state index >= 15 is 0 Å². The van der Waals surface area contributed by atoms with E-state index in [4.69, 9.17) is 21.1 Å². The first kappa shape index (κ1) is 15.4. The van der Waals surface area contributed by atoms with Crippen LogP contribution < -0.4 is 14.8 Å². The van der Waals surface area contributed by atoms with Gasteiger partial charge in [-0.3, -0.25) is 4.79 Å². The number of ether oxygens (including phenoxy) is 2. The van der Waals surface area contributed by atoms with Gasteiger partial charge in [-0.15, -0.1) is 0 Å². The van der Waals surface area contributed by atoms with Crippen molar-refractivity contribution in [3.05, 3.63) is 22.7 Å². The number of amides is 1. The van der Waals surface area contributed by atoms with Crippen LogP contribution in [0.5, 0.6) is 11.5 Å². The summed E-state index contributed by atoms with van der Waals surface area (Å²) in [4.78, 5) is 14.4. The highest BCUT2D eigenvalue weighted by molar-refractivity contribution is 6.32. The summed E-state index contributed by atoms with van der Waals surface area (Å²) in [6.45, 7) is 6.67. The minimum Gasteiger partial charge on any atom is -0.486 e. The van der Waals surface area contributed by atoms with Gasteiger partial charge in [-0.05, 0) is 31.5 Å². The van der Waals surface area contributed by atoms with Crippen LogP contribution in [0.25, 0.3) is 0 Å². The minimum absolute atomic E-state index is 0.118. The highest BCUT2D eigenvalue weighted by atomic mass is 35.5. The third-order valence-corrected chi connectivity index (χ3v) is 4.20. The lowest BCUT2D eigenvalue weighted by Crippen LogP contribution is -2.56. The zero-order chi connectivity index (χ0) is 15.7. The average Bonchev–Trinajstić information content (AvgIpc) is 2.46. The Morgan fingerprint density at radius 1 is 1.27 bits per heavy atom. The van der Waals surface area contributed by atoms with Gasteiger partial charge in [0.25, 0.3) is 0 Å². The Kier molecular flexibility index (Phi) is 4.45. The zero-order valence-electron chi connectivity index (χ0n) is 12.9. The fraction of sp³-hybridized carbons (Fsp3) is 0.562. The Bertz CT molecular complexity index is 569. The number of nitrogens with one attached hydrogen (secondary N) is 1. The second-order valence-electron chi connectivity index (χ2n) is 6.05. The first-order valence-corrected chi connectivity index (χ1v) is 8.02. The number of carbonyl (C=O) groups excluding carboxylic acids is 1. The van der Waals surface area contributed by atoms with E-state index in [2.05, 4.69) is 19.2 Å². The van der Waals surface area contributed by atoms with Gasteiger partial charge in [0.1, 0.15) is 13.2 Å². The molecule has 1 saturated heterocycles. The summed E-state index contributed by atoms with van der Waals surface area (Å²) in [5.41, 5.74) is 0.859. The van der Waals surface area contributed by atoms with Crippen molar-refractivity contribution in [1.29, 1.82) is 0 Å². The van der Waals surface area contributed by atoms with E-state index in [0.29, 0.717) is 48.2 Å². The SMILES string of the molecule is C[C@@H]1CN(C(=O)Cc2cc(Cl)c3c(c2)OCCO3)C[C@@H](C)N1. The molecule has 2 heterocycles. The largest absolute Gasteiger partial charge is 0.486 e. The van der Waals surface area contributed by atoms with Gasteiger partial charge in [0.2, 0.25) is 5.91 Å². The smallest absolute Gasteiger partial charge is 0.227 e. The molecule has 1 aromatic rings. The summed E-state index contributed by atoms with van der Waals surface area (Å²) in [6.07, 6.45) is 0.329. The van der Waals surface area contributed by atoms with Crippen molar-refractivity contribution >= 4 is 17.5 Å². The fourth-order valence-electron chi connectivity index (χ4n) is 3.08. The molecule has 1 fully saturated rings. The molecule has 2 aliphatic heterocycles. The number of benzene rings is 1. The Morgan fingerprint density at radius 2 is 1.95 bits per heavy atom. The van der Waals surface area contributed by atoms with E-state index in [1.807, 2.05) is 11.0 Å². The third-order valence-electron chi connectivity index (χ3n) is 3.92. The molecule has 0 aromatic heterocycles. The van der Waals surface area contributed by atoms with Crippen LogP contribution in [0.15, 0.2) is 12.1 Å². The van der Waals surface area contributed by atoms with Crippen LogP contribution in [-0.4, -0.2) is 49.2 Å². The van der Waals surface area contributed by atoms with E-state index in [1.165, 1.54) is 0 Å². The van der Waals surface area contributed by atoms with Gasteiger partial charge in [0.05, 0.1) is 11.4 Å². The lowest BCUT2D eigenvalue weighted by molar-refractivity contribution is -0.132. The molecule has 0 spiro atoms. The molecule has 6 heteroatoms. The Morgan fingerprint density at radius 3 is 2.68 bits per heavy atom. The maximum absolute atomic E-state index is 12.5. The first-order valence-electron chi connectivity index (χ1n) is 7.65. The molecule has 2 atom stereocenters. The van der Waals surface area contributed by atoms with E-state index in [0.717, 1.165) is 18.7 Å². The van der Waals surface area contributed by atoms with Gasteiger partial charge in [0.15, 0.2) is 11.5 Å². The van der Waals surface area contributed by atoms with Crippen molar-refractivity contribution in [3.8, 4) is 11.5 Å². The van der Waals surface area contributed by atoms with Gasteiger partial charge in [-0.1, -0.05) is 11.6 Å². The monoisotopic (exact) mass is 324 g/mol. The normalized spacial score (nSPS) is 24.2. The predicted octanol–water partition coefficient (Wildman–Crippen LogP) is 1.86. The Balaban J connectivity index is 1.72. The quantitative estimate of drug-likeness (QED) is 0.902. The van der Waals surface area contributed by atoms with Gasteiger partial charge in [0, 0.05) is 25.2 Å². The number of hydrogen-bond acceptors (Lipinski definition) is 4. The van der Waals surface area contributed by atoms with Crippen LogP contribution in [-0.2, 0) is 11.2 Å². The predicted molar refractivity (Wildman–Crippen MR) is 84.8 cm³/mol. The molecule has 1 amide bonds. The molecule has 2 aliphatic rings. The van der Waals surface area contributed by atoms with Gasteiger partial charge in [-0.25, -0.2) is 0 Å². The molecular weight excluding hydrogens is 304 g/mol. The second-order valence-corrected chi connectivity index (χ2v) is 6.45. The van der Waals surface area contributed by atoms with Gasteiger partial charge < -0.3 is 19.7 Å². The van der Waals surface area contributed by atoms with E-state index < -0.39 is 0 Å². The molecule has 0 unspecified atom stereocenters. The molecule has 5 nitrogen and oxygen atoms in total. The van der Waals surface area contributed by atoms with Crippen molar-refractivity contribution < 1.29 is 14.3 Å². The van der Waals surface area contributed by atoms with Crippen molar-refractivity contribution in [2.45, 2.75) is 32.4 Å². The van der Waals surface area contributed by atoms with Gasteiger partial charge >= 0.3 is 0 Å². The minimum atomic E-state index is 0.118. The van der Waals surface area contributed by atoms with Crippen molar-refractivity contribution in [2.75, 3.05) is 26.3 Å². The molecule has 3 rings (SSSR count). The summed E-state index contributed by atoms with van der Waals surface area (Å²) in [5, 5.41) is 3.93. The van der Waals surface area contributed by atoms with Crippen LogP contribution >= 0.6 is 11.6 Å². The van der Waals surface area contributed by atoms with Crippen LogP contribution in [0, 0.1) is 0 Å². The summed E-state index contributed by atoms with van der Waals surface area (Å²) in [5.74, 6) is 1.32. The average molecular weight is 325 g/mol. The van der Waals surface area contributed by atoms with Gasteiger partial charge in [-0.2, -0.15) is 0 Å². The molecule has 0 bridgehead atoms. The maximum atomic E-state index is 12.5. The summed E-state index contributed by atoms with van der Waals surface area (Å²) in [6, 6.07) is 4.28. The Hall–Kier alpha value is -1.46. The molecule has 120 valence electrons. The van der Waals surface area contributed by atoms with Crippen molar-refractivity contribution in [2.24, 2.45) is 0 Å². The van der Waals surface area contributed by atoms with E-state index in [-0.39, 0.29) is 5.91 Å². The van der Waals surface area contributed by atoms with Crippen molar-refractivity contribution in [1.82, 2.24) is 10.2 Å². The number of carbonyl (C=O) groups is 1. The number of halogens is 1. The van der Waals surface area contributed by atoms with Crippen LogP contribution in [0.2, 0.25) is 5.02 Å². The number of nitrogens with zero attached hydrogens (tertiary/aromatic N) is 1. The highest BCUT2D eigenvalue weighted by Gasteiger charge is 2.25. The summed E-state index contributed by atoms with van der Waals surface area (Å²) in [7, 11) is 0. The molecule has 1 N–H and O–H groups in total.